The Kier molecular flexibility index (Phi) is 2.34. The lowest BCUT2D eigenvalue weighted by Gasteiger charge is -2.06. The minimum absolute atomic E-state index is 0.0901. The first kappa shape index (κ1) is 10.5. The van der Waals surface area contributed by atoms with E-state index in [9.17, 15) is 18.0 Å². The predicted octanol–water partition coefficient (Wildman–Crippen LogP) is 2.46. The molecule has 0 saturated carbocycles. The second kappa shape index (κ2) is 3.55. The average molecular weight is 226 g/mol. The fourth-order valence-electron chi connectivity index (χ4n) is 1.26. The molecule has 0 spiro atoms. The maximum atomic E-state index is 12.4. The van der Waals surface area contributed by atoms with Crippen LogP contribution in [0.1, 0.15) is 16.1 Å². The molecule has 2 aromatic rings. The predicted molar refractivity (Wildman–Crippen MR) is 49.9 cm³/mol. The third-order valence-electron chi connectivity index (χ3n) is 2.01. The number of alkyl halides is 3. The number of hydrogen-bond acceptors (Lipinski definition) is 3. The van der Waals surface area contributed by atoms with Gasteiger partial charge in [-0.05, 0) is 18.2 Å². The highest BCUT2D eigenvalue weighted by atomic mass is 19.4. The second-order valence-electron chi connectivity index (χ2n) is 3.11. The van der Waals surface area contributed by atoms with Crippen LogP contribution in [0.15, 0.2) is 24.4 Å². The van der Waals surface area contributed by atoms with E-state index in [-0.39, 0.29) is 16.7 Å². The summed E-state index contributed by atoms with van der Waals surface area (Å²) < 4.78 is 37.1. The average Bonchev–Trinajstić information content (AvgIpc) is 2.26. The van der Waals surface area contributed by atoms with Gasteiger partial charge in [-0.1, -0.05) is 0 Å². The Morgan fingerprint density at radius 2 is 1.94 bits per heavy atom. The van der Waals surface area contributed by atoms with Crippen LogP contribution in [0.4, 0.5) is 13.2 Å². The summed E-state index contributed by atoms with van der Waals surface area (Å²) in [5.41, 5.74) is -0.321. The number of fused-ring (bicyclic) bond motifs is 1. The summed E-state index contributed by atoms with van der Waals surface area (Å²) >= 11 is 0. The molecule has 82 valence electrons. The third kappa shape index (κ3) is 1.86. The van der Waals surface area contributed by atoms with Crippen molar-refractivity contribution in [3.8, 4) is 0 Å². The Morgan fingerprint density at radius 1 is 1.19 bits per heavy atom. The molecule has 0 radical (unpaired) electrons. The maximum absolute atomic E-state index is 12.4. The summed E-state index contributed by atoms with van der Waals surface area (Å²) in [5.74, 6) is 0. The first-order valence-corrected chi connectivity index (χ1v) is 4.30. The smallest absolute Gasteiger partial charge is 0.296 e. The van der Waals surface area contributed by atoms with Gasteiger partial charge in [-0.25, -0.2) is 4.98 Å². The summed E-state index contributed by atoms with van der Waals surface area (Å²) in [6.07, 6.45) is -2.78. The number of nitrogens with zero attached hydrogens (tertiary/aromatic N) is 2. The number of carbonyl (C=O) groups excluding carboxylic acids is 1. The molecule has 0 unspecified atom stereocenters. The van der Waals surface area contributed by atoms with Crippen molar-refractivity contribution in [3.05, 3.63) is 35.7 Å². The molecule has 0 saturated heterocycles. The van der Waals surface area contributed by atoms with Crippen molar-refractivity contribution in [2.75, 3.05) is 0 Å². The summed E-state index contributed by atoms with van der Waals surface area (Å²) in [7, 11) is 0. The zero-order chi connectivity index (χ0) is 11.8. The molecule has 0 aliphatic carbocycles. The SMILES string of the molecule is O=Cc1cnc2cc(C(F)(F)F)ccc2n1. The number of aldehydes is 1. The van der Waals surface area contributed by atoms with E-state index in [1.807, 2.05) is 0 Å². The molecule has 0 N–H and O–H groups in total. The number of aromatic nitrogens is 2. The van der Waals surface area contributed by atoms with Crippen LogP contribution in [-0.4, -0.2) is 16.3 Å². The first-order valence-electron chi connectivity index (χ1n) is 4.30. The number of benzene rings is 1. The van der Waals surface area contributed by atoms with Crippen molar-refractivity contribution in [2.45, 2.75) is 6.18 Å². The monoisotopic (exact) mass is 226 g/mol. The van der Waals surface area contributed by atoms with Gasteiger partial charge in [0.1, 0.15) is 5.69 Å². The van der Waals surface area contributed by atoms with E-state index in [0.717, 1.165) is 18.3 Å². The lowest BCUT2D eigenvalue weighted by atomic mass is 10.2. The van der Waals surface area contributed by atoms with Crippen molar-refractivity contribution in [2.24, 2.45) is 0 Å². The molecule has 6 heteroatoms. The van der Waals surface area contributed by atoms with Crippen LogP contribution in [0.2, 0.25) is 0 Å². The Balaban J connectivity index is 2.60. The molecule has 3 nitrogen and oxygen atoms in total. The van der Waals surface area contributed by atoms with Gasteiger partial charge in [-0.3, -0.25) is 9.78 Å². The van der Waals surface area contributed by atoms with Crippen LogP contribution in [0.25, 0.3) is 11.0 Å². The van der Waals surface area contributed by atoms with Gasteiger partial charge in [0.05, 0.1) is 22.8 Å². The summed E-state index contributed by atoms with van der Waals surface area (Å²) in [6, 6.07) is 3.00. The second-order valence-corrected chi connectivity index (χ2v) is 3.11. The molecular weight excluding hydrogens is 221 g/mol. The summed E-state index contributed by atoms with van der Waals surface area (Å²) in [5, 5.41) is 0. The van der Waals surface area contributed by atoms with E-state index >= 15 is 0 Å². The molecule has 1 aromatic carbocycles. The van der Waals surface area contributed by atoms with Gasteiger partial charge in [-0.15, -0.1) is 0 Å². The van der Waals surface area contributed by atoms with Crippen molar-refractivity contribution in [3.63, 3.8) is 0 Å². The van der Waals surface area contributed by atoms with Crippen LogP contribution >= 0.6 is 0 Å². The topological polar surface area (TPSA) is 42.9 Å². The van der Waals surface area contributed by atoms with Crippen molar-refractivity contribution < 1.29 is 18.0 Å². The minimum Gasteiger partial charge on any atom is -0.296 e. The molecule has 2 rings (SSSR count). The highest BCUT2D eigenvalue weighted by molar-refractivity contribution is 5.80. The van der Waals surface area contributed by atoms with Crippen LogP contribution in [0.3, 0.4) is 0 Å². The van der Waals surface area contributed by atoms with Crippen LogP contribution < -0.4 is 0 Å². The van der Waals surface area contributed by atoms with E-state index in [0.29, 0.717) is 6.29 Å². The zero-order valence-electron chi connectivity index (χ0n) is 7.82. The van der Waals surface area contributed by atoms with Crippen molar-refractivity contribution in [1.82, 2.24) is 9.97 Å². The number of rotatable bonds is 1. The standard InChI is InChI=1S/C10H5F3N2O/c11-10(12,13)6-1-2-8-9(3-6)14-4-7(5-16)15-8/h1-5H. The summed E-state index contributed by atoms with van der Waals surface area (Å²) in [6.45, 7) is 0. The highest BCUT2D eigenvalue weighted by Gasteiger charge is 2.30. The van der Waals surface area contributed by atoms with Crippen molar-refractivity contribution in [1.29, 1.82) is 0 Å². The van der Waals surface area contributed by atoms with E-state index in [2.05, 4.69) is 9.97 Å². The molecule has 0 fully saturated rings. The van der Waals surface area contributed by atoms with Gasteiger partial charge in [0.2, 0.25) is 0 Å². The third-order valence-corrected chi connectivity index (χ3v) is 2.01. The van der Waals surface area contributed by atoms with Crippen LogP contribution in [0.5, 0.6) is 0 Å². The lowest BCUT2D eigenvalue weighted by Crippen LogP contribution is -2.05. The van der Waals surface area contributed by atoms with Gasteiger partial charge in [0, 0.05) is 0 Å². The fraction of sp³-hybridized carbons (Fsp3) is 0.100. The van der Waals surface area contributed by atoms with Crippen LogP contribution in [0, 0.1) is 0 Å². The molecule has 1 heterocycles. The molecule has 1 aromatic heterocycles. The molecule has 0 aliphatic heterocycles. The number of hydrogen-bond donors (Lipinski definition) is 0. The Morgan fingerprint density at radius 3 is 2.56 bits per heavy atom. The fourth-order valence-corrected chi connectivity index (χ4v) is 1.26. The van der Waals surface area contributed by atoms with Crippen LogP contribution in [-0.2, 0) is 6.18 Å². The van der Waals surface area contributed by atoms with Gasteiger partial charge in [-0.2, -0.15) is 13.2 Å². The molecule has 16 heavy (non-hydrogen) atoms. The largest absolute Gasteiger partial charge is 0.416 e. The quantitative estimate of drug-likeness (QED) is 0.701. The van der Waals surface area contributed by atoms with E-state index in [1.54, 1.807) is 0 Å². The van der Waals surface area contributed by atoms with Gasteiger partial charge >= 0.3 is 6.18 Å². The first-order chi connectivity index (χ1) is 7.50. The Labute approximate surface area is 87.9 Å². The van der Waals surface area contributed by atoms with Gasteiger partial charge < -0.3 is 0 Å². The van der Waals surface area contributed by atoms with Gasteiger partial charge in [0.25, 0.3) is 0 Å². The van der Waals surface area contributed by atoms with E-state index in [1.165, 1.54) is 6.07 Å². The molecule has 0 aliphatic rings. The van der Waals surface area contributed by atoms with E-state index < -0.39 is 11.7 Å². The maximum Gasteiger partial charge on any atom is 0.416 e. The number of halogens is 3. The molecule has 0 amide bonds. The molecule has 0 atom stereocenters. The minimum atomic E-state index is -4.40. The molecule has 0 bridgehead atoms. The Hall–Kier alpha value is -1.98. The number of carbonyl (C=O) groups is 1. The van der Waals surface area contributed by atoms with Crippen molar-refractivity contribution >= 4 is 17.3 Å². The lowest BCUT2D eigenvalue weighted by molar-refractivity contribution is -0.137. The molecular formula is C10H5F3N2O. The zero-order valence-corrected chi connectivity index (χ0v) is 7.82. The normalized spacial score (nSPS) is 11.7. The Bertz CT molecular complexity index is 551. The highest BCUT2D eigenvalue weighted by Crippen LogP contribution is 2.30. The summed E-state index contributed by atoms with van der Waals surface area (Å²) in [4.78, 5) is 17.9. The van der Waals surface area contributed by atoms with Gasteiger partial charge in [0.15, 0.2) is 6.29 Å². The van der Waals surface area contributed by atoms with E-state index in [4.69, 9.17) is 0 Å².